The number of thioether (sulfide) groups is 3. The summed E-state index contributed by atoms with van der Waals surface area (Å²) in [5.74, 6) is -8.06. The zero-order valence-electron chi connectivity index (χ0n) is 40.9. The summed E-state index contributed by atoms with van der Waals surface area (Å²) < 4.78 is 4.67. The summed E-state index contributed by atoms with van der Waals surface area (Å²) in [4.78, 5) is 169. The molecule has 0 fully saturated rings. The van der Waals surface area contributed by atoms with Crippen LogP contribution in [0.25, 0.3) is 0 Å². The number of carboxylic acids is 4. The number of ketones is 2. The number of nitrogens with one attached hydrogen (secondary N) is 9. The molecule has 0 aromatic rings. The van der Waals surface area contributed by atoms with E-state index in [0.29, 0.717) is 18.2 Å². The van der Waals surface area contributed by atoms with E-state index in [4.69, 9.17) is 37.6 Å². The molecule has 0 aromatic heterocycles. The molecule has 0 unspecified atom stereocenters. The summed E-state index contributed by atoms with van der Waals surface area (Å²) in [6.07, 6.45) is 1.95. The fourth-order valence-corrected chi connectivity index (χ4v) is 6.33. The van der Waals surface area contributed by atoms with E-state index in [2.05, 4.69) is 52.6 Å². The number of Topliss-reactive ketones (excluding diaryl/α,β-unsaturated/α-hetero) is 2. The average Bonchev–Trinajstić information content (AvgIpc) is 3.32. The van der Waals surface area contributed by atoms with Crippen molar-refractivity contribution in [2.45, 2.75) is 90.1 Å². The number of aliphatic carboxylic acids is 4. The van der Waals surface area contributed by atoms with Crippen LogP contribution in [-0.4, -0.2) is 207 Å². The number of hydrogen-bond donors (Lipinski definition) is 16. The van der Waals surface area contributed by atoms with Crippen LogP contribution in [0.1, 0.15) is 53.9 Å². The van der Waals surface area contributed by atoms with Crippen LogP contribution in [-0.2, 0) is 57.5 Å². The molecule has 0 rings (SSSR count). The van der Waals surface area contributed by atoms with Crippen LogP contribution in [0.2, 0.25) is 0 Å². The lowest BCUT2D eigenvalue weighted by Gasteiger charge is -2.18. The fourth-order valence-electron chi connectivity index (χ4n) is 4.08. The molecule has 0 bridgehead atoms. The smallest absolute Gasteiger partial charge is 0.367 e. The molecule has 74 heavy (non-hydrogen) atoms. The third kappa shape index (κ3) is 40.7. The summed E-state index contributed by atoms with van der Waals surface area (Å²) in [7, 11) is 0. The monoisotopic (exact) mass is 1120 g/mol. The molecular formula is C39H66N12O20S3. The molecule has 0 saturated heterocycles. The van der Waals surface area contributed by atoms with Crippen molar-refractivity contribution in [3.05, 3.63) is 0 Å². The van der Waals surface area contributed by atoms with Gasteiger partial charge in [0, 0.05) is 50.2 Å². The lowest BCUT2D eigenvalue weighted by molar-refractivity contribution is -0.139. The van der Waals surface area contributed by atoms with E-state index in [9.17, 15) is 71.9 Å². The Kier molecular flexibility index (Phi) is 40.2. The van der Waals surface area contributed by atoms with Gasteiger partial charge in [0.25, 0.3) is 0 Å². The number of nitrogens with two attached hydrogens (primary N) is 3. The Balaban J connectivity index is -0.00000102. The Labute approximate surface area is 436 Å². The molecular weight excluding hydrogens is 1050 g/mol. The number of amides is 9. The van der Waals surface area contributed by atoms with Gasteiger partial charge in [-0.3, -0.25) is 52.7 Å². The van der Waals surface area contributed by atoms with Crippen molar-refractivity contribution in [1.29, 1.82) is 0 Å². The highest BCUT2D eigenvalue weighted by atomic mass is 32.2. The number of ether oxygens (including phenoxy) is 1. The standard InChI is InChI=1S/C15H26N4O6S.C12H20N4O8S.C12H20N4O6S/c1-3-4-5-12(21)26-8-11(13(22)17-6-9(2)20)19-15(25)18-7-10(16)14(23)24;1-2-24-12(23)25-5-7(9(19)14-4-8(17)18)16-11(22)15-3-6(13)10(20)21;1-6(17)3-14-10(19)9(5-23-7(2)18)16-12(22)15-4-8(13)11(20)21/h10-11H,3-8,16H2,1-2H3,(H,17,22)(H,23,24)(H2,18,19,25);6-7H,2-5,13H2,1H3,(H,14,19)(H,17,18)(H,20,21)(H2,15,16,22);8-9H,3-5,13H2,1-2H3,(H,14,19)(H,20,21)(H2,15,16,22)/t10-,11-;6-,7-;8-,9-/m000/s1. The van der Waals surface area contributed by atoms with Crippen molar-refractivity contribution < 1.29 is 97.1 Å². The topological polar surface area (TPSA) is 533 Å². The molecule has 0 aliphatic carbocycles. The Morgan fingerprint density at radius 2 is 0.824 bits per heavy atom. The molecule has 35 heteroatoms. The predicted octanol–water partition coefficient (Wildman–Crippen LogP) is -4.57. The molecule has 19 N–H and O–H groups in total. The van der Waals surface area contributed by atoms with Gasteiger partial charge in [0.2, 0.25) is 17.7 Å². The van der Waals surface area contributed by atoms with Gasteiger partial charge < -0.3 is 90.2 Å². The zero-order chi connectivity index (χ0) is 57.5. The first-order chi connectivity index (χ1) is 34.5. The molecule has 0 aromatic carbocycles. The summed E-state index contributed by atoms with van der Waals surface area (Å²) in [6.45, 7) is 5.43. The van der Waals surface area contributed by atoms with E-state index in [1.165, 1.54) is 20.8 Å². The molecule has 0 aliphatic rings. The van der Waals surface area contributed by atoms with Crippen molar-refractivity contribution in [2.24, 2.45) is 17.2 Å². The van der Waals surface area contributed by atoms with Crippen LogP contribution in [0.3, 0.4) is 0 Å². The lowest BCUT2D eigenvalue weighted by atomic mass is 10.3. The largest absolute Gasteiger partial charge is 0.480 e. The van der Waals surface area contributed by atoms with Crippen LogP contribution in [0.5, 0.6) is 0 Å². The number of carboxylic acid groups (broad SMARTS) is 4. The van der Waals surface area contributed by atoms with E-state index in [0.717, 1.165) is 36.4 Å². The van der Waals surface area contributed by atoms with Crippen LogP contribution >= 0.6 is 35.3 Å². The van der Waals surface area contributed by atoms with Crippen LogP contribution in [0, 0.1) is 0 Å². The minimum Gasteiger partial charge on any atom is -0.480 e. The van der Waals surface area contributed by atoms with Gasteiger partial charge in [0.1, 0.15) is 54.4 Å². The second-order valence-electron chi connectivity index (χ2n) is 14.6. The van der Waals surface area contributed by atoms with Gasteiger partial charge in [-0.25, -0.2) is 19.2 Å². The zero-order valence-corrected chi connectivity index (χ0v) is 43.4. The summed E-state index contributed by atoms with van der Waals surface area (Å²) in [6, 6.07) is -9.80. The van der Waals surface area contributed by atoms with E-state index < -0.39 is 114 Å². The molecule has 6 atom stereocenters. The molecule has 0 spiro atoms. The highest BCUT2D eigenvalue weighted by Crippen LogP contribution is 2.11. The van der Waals surface area contributed by atoms with Crippen LogP contribution in [0.15, 0.2) is 0 Å². The SMILES string of the molecule is CC(=O)CNC(=O)[C@H](CSC(C)=O)NC(=O)NC[C@H](N)C(=O)O.CCCCC(=O)SC[C@H](NC(=O)NC[C@H](N)C(=O)O)C(=O)NCC(C)=O.CCOC(=O)SC[C@H](NC(=O)NC[C@H](N)C(=O)O)C(=O)NCC(=O)O. The number of rotatable bonds is 31. The van der Waals surface area contributed by atoms with Gasteiger partial charge in [0.15, 0.2) is 10.2 Å². The van der Waals surface area contributed by atoms with Crippen molar-refractivity contribution in [1.82, 2.24) is 47.9 Å². The number of hydrogen-bond acceptors (Lipinski definition) is 22. The Morgan fingerprint density at radius 3 is 1.12 bits per heavy atom. The molecule has 0 aliphatic heterocycles. The maximum absolute atomic E-state index is 12.1. The number of carbonyl (C=O) groups excluding carboxylic acids is 11. The highest BCUT2D eigenvalue weighted by Gasteiger charge is 2.26. The Morgan fingerprint density at radius 1 is 0.486 bits per heavy atom. The third-order valence-corrected chi connectivity index (χ3v) is 10.7. The molecule has 0 heterocycles. The first-order valence-corrected chi connectivity index (χ1v) is 24.6. The molecule has 32 nitrogen and oxygen atoms in total. The number of unbranched alkanes of at least 4 members (excludes halogenated alkanes) is 1. The van der Waals surface area contributed by atoms with E-state index in [-0.39, 0.29) is 71.8 Å². The van der Waals surface area contributed by atoms with Crippen LogP contribution < -0.4 is 65.1 Å². The van der Waals surface area contributed by atoms with Crippen molar-refractivity contribution >= 4 is 122 Å². The summed E-state index contributed by atoms with van der Waals surface area (Å²) >= 11 is 2.35. The molecule has 420 valence electrons. The maximum Gasteiger partial charge on any atom is 0.367 e. The van der Waals surface area contributed by atoms with E-state index >= 15 is 0 Å². The summed E-state index contributed by atoms with van der Waals surface area (Å²) in [5, 5.41) is 53.6. The second-order valence-corrected chi connectivity index (χ2v) is 17.8. The molecule has 9 amide bonds. The quantitative estimate of drug-likeness (QED) is 0.0291. The van der Waals surface area contributed by atoms with E-state index in [1.807, 2.05) is 6.92 Å². The van der Waals surface area contributed by atoms with Crippen LogP contribution in [0.4, 0.5) is 19.2 Å². The Hall–Kier alpha value is -6.82. The van der Waals surface area contributed by atoms with Gasteiger partial charge in [-0.15, -0.1) is 0 Å². The third-order valence-electron chi connectivity index (χ3n) is 7.93. The number of carbonyl (C=O) groups is 15. The highest BCUT2D eigenvalue weighted by molar-refractivity contribution is 8.14. The predicted molar refractivity (Wildman–Crippen MR) is 265 cm³/mol. The second kappa shape index (κ2) is 41.6. The first-order valence-electron chi connectivity index (χ1n) is 21.7. The van der Waals surface area contributed by atoms with Gasteiger partial charge in [-0.05, 0) is 39.0 Å². The Bertz CT molecular complexity index is 1950. The first kappa shape index (κ1) is 71.4. The average molecular weight is 1120 g/mol. The molecule has 0 saturated carbocycles. The van der Waals surface area contributed by atoms with Gasteiger partial charge in [0.05, 0.1) is 19.7 Å². The van der Waals surface area contributed by atoms with Gasteiger partial charge in [-0.1, -0.05) is 36.9 Å². The number of urea groups is 3. The maximum atomic E-state index is 12.1. The van der Waals surface area contributed by atoms with Crippen molar-refractivity contribution in [3.8, 4) is 0 Å². The molecule has 0 radical (unpaired) electrons. The summed E-state index contributed by atoms with van der Waals surface area (Å²) in [5.41, 5.74) is 15.7. The van der Waals surface area contributed by atoms with E-state index in [1.54, 1.807) is 6.92 Å². The minimum atomic E-state index is -1.33. The fraction of sp³-hybridized carbons (Fsp3) is 0.615. The van der Waals surface area contributed by atoms with Crippen molar-refractivity contribution in [3.63, 3.8) is 0 Å². The van der Waals surface area contributed by atoms with Gasteiger partial charge in [-0.2, -0.15) is 0 Å². The van der Waals surface area contributed by atoms with Crippen molar-refractivity contribution in [2.75, 3.05) is 63.1 Å². The minimum absolute atomic E-state index is 0.00924. The van der Waals surface area contributed by atoms with Gasteiger partial charge >= 0.3 is 47.3 Å². The normalized spacial score (nSPS) is 12.5. The lowest BCUT2D eigenvalue weighted by Crippen LogP contribution is -2.54.